The van der Waals surface area contributed by atoms with E-state index < -0.39 is 105 Å². The maximum absolute atomic E-state index is 12.9. The fourth-order valence-corrected chi connectivity index (χ4v) is 26.1. The van der Waals surface area contributed by atoms with Crippen molar-refractivity contribution in [3.8, 4) is 58.7 Å². The fraction of sp³-hybridized carbons (Fsp3) is 0.379. The van der Waals surface area contributed by atoms with Gasteiger partial charge in [-0.25, -0.2) is 9.97 Å². The largest absolute Gasteiger partial charge is 0.481 e. The van der Waals surface area contributed by atoms with Crippen LogP contribution in [0, 0.1) is 59.5 Å². The van der Waals surface area contributed by atoms with E-state index in [0.29, 0.717) is 71.2 Å². The molecule has 0 bridgehead atoms. The molecule has 0 radical (unpaired) electrons. The van der Waals surface area contributed by atoms with Gasteiger partial charge in [0.1, 0.15) is 44.4 Å². The number of hydrogen-bond acceptors (Lipinski definition) is 26. The SMILES string of the molecule is CCN(CC)C[C@H]1[C@@H](O)[C@@]2(O)c3c(cc(Cl)nc3OC)O[C@@]2(c2ccc(Br)cc2)[C@@H]1c1ccccc1.CCN(CC)C[C@H]1[C@@H](O)[C@@]2(O)c3c(cc(Cl)nc3OC)O[C@@]2(c2ccc(C#N)cc2)[C@@H]1c1ccccc1.[C-]#[N+]c1cc2c(c(OC)n1)[C@]1(O)[C@H](O)[C@H](CN(CC)CC)[C@@H](c3ccccc3)[C@]1(c1ccc(Br)cc1)O2.[C-]#[N+]c1cc2c(c(OC)n1)[C@]1(O)[C@H](O)[C@H](CN(CC)CC)[C@@H](c3ccccc3)[C@]1(c1ccc(C#N)cc1)O2. The Labute approximate surface area is 889 Å². The van der Waals surface area contributed by atoms with Crippen LogP contribution in [0.2, 0.25) is 10.3 Å². The van der Waals surface area contributed by atoms with Gasteiger partial charge in [0.05, 0.1) is 87.2 Å². The molecule has 0 saturated heterocycles. The van der Waals surface area contributed by atoms with E-state index in [9.17, 15) is 51.4 Å². The molecule has 28 nitrogen and oxygen atoms in total. The molecule has 8 heterocycles. The van der Waals surface area contributed by atoms with Gasteiger partial charge in [0.2, 0.25) is 11.8 Å². The first kappa shape index (κ1) is 107. The number of halogens is 4. The highest BCUT2D eigenvalue weighted by Crippen LogP contribution is 2.76. The zero-order chi connectivity index (χ0) is 105. The van der Waals surface area contributed by atoms with Crippen LogP contribution in [0.3, 0.4) is 0 Å². The van der Waals surface area contributed by atoms with Crippen LogP contribution in [0.25, 0.3) is 9.69 Å². The predicted octanol–water partition coefficient (Wildman–Crippen LogP) is 18.4. The molecule has 32 heteroatoms. The Morgan fingerprint density at radius 2 is 0.547 bits per heavy atom. The number of nitrogens with zero attached hydrogens (tertiary/aromatic N) is 12. The van der Waals surface area contributed by atoms with Gasteiger partial charge in [0.15, 0.2) is 44.8 Å². The Bertz CT molecular complexity index is 6950. The van der Waals surface area contributed by atoms with Crippen LogP contribution in [-0.2, 0) is 44.8 Å². The van der Waals surface area contributed by atoms with Crippen LogP contribution in [-0.4, -0.2) is 212 Å². The Morgan fingerprint density at radius 1 is 0.338 bits per heavy atom. The number of methoxy groups -OCH3 is 4. The highest BCUT2D eigenvalue weighted by molar-refractivity contribution is 9.10. The van der Waals surface area contributed by atoms with E-state index >= 15 is 0 Å². The third-order valence-electron chi connectivity index (χ3n) is 31.9. The minimum Gasteiger partial charge on any atom is -0.481 e. The highest BCUT2D eigenvalue weighted by atomic mass is 79.9. The molecule has 148 heavy (non-hydrogen) atoms. The van der Waals surface area contributed by atoms with Crippen molar-refractivity contribution >= 4 is 66.7 Å². The molecular formula is C116H120Br2Cl2N12O16. The summed E-state index contributed by atoms with van der Waals surface area (Å²) < 4.78 is 51.4. The summed E-state index contributed by atoms with van der Waals surface area (Å²) in [5, 5.41) is 119. The molecule has 20 atom stereocenters. The van der Waals surface area contributed by atoms with E-state index in [2.05, 4.69) is 149 Å². The number of rotatable bonds is 28. The molecule has 8 N–H and O–H groups in total. The van der Waals surface area contributed by atoms with Crippen molar-refractivity contribution < 1.29 is 78.7 Å². The number of hydrogen-bond donors (Lipinski definition) is 8. The van der Waals surface area contributed by atoms with Crippen LogP contribution in [0.5, 0.6) is 46.5 Å². The Balaban J connectivity index is 0.000000135. The lowest BCUT2D eigenvalue weighted by Crippen LogP contribution is -2.52. The zero-order valence-corrected chi connectivity index (χ0v) is 88.9. The summed E-state index contributed by atoms with van der Waals surface area (Å²) in [6, 6.07) is 79.2. The summed E-state index contributed by atoms with van der Waals surface area (Å²) in [4.78, 5) is 33.2. The molecule has 0 unspecified atom stereocenters. The molecule has 0 amide bonds. The van der Waals surface area contributed by atoms with Crippen molar-refractivity contribution in [1.29, 1.82) is 10.5 Å². The smallest absolute Gasteiger partial charge is 0.319 e. The quantitative estimate of drug-likeness (QED) is 0.0167. The van der Waals surface area contributed by atoms with Crippen LogP contribution >= 0.6 is 55.1 Å². The molecular weight excluding hydrogens is 2050 g/mol. The van der Waals surface area contributed by atoms with Crippen LogP contribution in [0.4, 0.5) is 11.6 Å². The molecule has 4 aliphatic carbocycles. The van der Waals surface area contributed by atoms with Crippen molar-refractivity contribution in [2.24, 2.45) is 23.7 Å². The maximum Gasteiger partial charge on any atom is 0.319 e. The van der Waals surface area contributed by atoms with Crippen LogP contribution < -0.4 is 37.9 Å². The first-order valence-corrected chi connectivity index (χ1v) is 52.2. The van der Waals surface area contributed by atoms with E-state index in [1.165, 1.54) is 40.6 Å². The topological polar surface area (TPSA) is 357 Å². The van der Waals surface area contributed by atoms with E-state index in [0.717, 1.165) is 94.7 Å². The standard InChI is InChI=1S/C30H30N4O4.C29H30BrN3O4.C29H30ClN3O4.C28H30BrClN2O4/c1-5-34(6-2)18-22-25(20-10-8-7-9-11-20)30(21-14-12-19(17-31)13-15-21)29(36,27(22)35)26-23(38-30)16-24(32-3)33-28(26)37-4;1-5-33(6-2)17-21-24(18-10-8-7-9-11-18)29(19-12-14-20(30)15-13-19)28(35,26(21)34)25-22(37-29)16-23(31-3)32-27(25)36-4;1-4-33(5-2)17-21-24(19-9-7-6-8-10-19)29(20-13-11-18(16-31)12-14-20)28(35,26(21)34)25-22(37-29)15-23(30)32-27(25)36-3;1-4-32(5-2)16-20-23(17-9-7-6-8-10-17)28(18-11-13-19(29)14-12-18)27(34,25(20)33)24-21(36-28)15-22(30)31-26(24)35-3/h7-16,22,25,27,35-36H,5-6,18H2,1-2,4H3;7-16,21,24,26,34-35H,5-6,17H2,1-2,4H3;6-15,21,24,26,34-35H,4-5,17H2,1-3H3;6-15,20,23,25,33-34H,4-5,16H2,1-3H3/t22-,25-,27-,29+,30+;2*21-,24-,26-,28+,29+;20-,23-,25-,27+,28+/m1111/s1. The lowest BCUT2D eigenvalue weighted by molar-refractivity contribution is -0.152. The molecule has 20 rings (SSSR count). The van der Waals surface area contributed by atoms with Crippen LogP contribution in [0.1, 0.15) is 157 Å². The maximum atomic E-state index is 12.9. The summed E-state index contributed by atoms with van der Waals surface area (Å²) in [6.45, 7) is 40.3. The lowest BCUT2D eigenvalue weighted by atomic mass is 9.70. The summed E-state index contributed by atoms with van der Waals surface area (Å²) in [5.41, 5.74) is -4.80. The molecule has 8 aliphatic rings. The van der Waals surface area contributed by atoms with Gasteiger partial charge in [0, 0.05) is 107 Å². The van der Waals surface area contributed by atoms with Gasteiger partial charge < -0.3 is 108 Å². The summed E-state index contributed by atoms with van der Waals surface area (Å²) >= 11 is 19.7. The zero-order valence-electron chi connectivity index (χ0n) is 84.2. The molecule has 8 aromatic carbocycles. The second-order valence-corrected chi connectivity index (χ2v) is 41.0. The molecule has 12 aromatic rings. The number of ether oxygens (including phenoxy) is 8. The predicted molar refractivity (Wildman–Crippen MR) is 567 cm³/mol. The fourth-order valence-electron chi connectivity index (χ4n) is 25.3. The van der Waals surface area contributed by atoms with E-state index in [1.807, 2.05) is 170 Å². The van der Waals surface area contributed by atoms with Crippen molar-refractivity contribution in [3.05, 3.63) is 363 Å². The normalized spacial score (nSPS) is 27.9. The second kappa shape index (κ2) is 43.4. The van der Waals surface area contributed by atoms with Gasteiger partial charge in [-0.3, -0.25) is 0 Å². The Hall–Kier alpha value is -12.2. The molecule has 4 aromatic heterocycles. The van der Waals surface area contributed by atoms with Crippen molar-refractivity contribution in [3.63, 3.8) is 0 Å². The number of aromatic nitrogens is 4. The highest BCUT2D eigenvalue weighted by Gasteiger charge is 2.82. The number of aliphatic hydroxyl groups excluding tert-OH is 4. The van der Waals surface area contributed by atoms with E-state index in [1.54, 1.807) is 60.7 Å². The number of benzene rings is 8. The van der Waals surface area contributed by atoms with E-state index in [4.69, 9.17) is 74.2 Å². The van der Waals surface area contributed by atoms with Gasteiger partial charge in [-0.15, -0.1) is 0 Å². The van der Waals surface area contributed by atoms with E-state index in [-0.39, 0.29) is 79.7 Å². The number of nitriles is 2. The average molecular weight is 2170 g/mol. The molecule has 4 fully saturated rings. The summed E-state index contributed by atoms with van der Waals surface area (Å²) in [6.07, 6.45) is -4.88. The van der Waals surface area contributed by atoms with Crippen molar-refractivity contribution in [1.82, 2.24) is 39.5 Å². The first-order valence-electron chi connectivity index (χ1n) is 49.8. The van der Waals surface area contributed by atoms with Gasteiger partial charge in [0.25, 0.3) is 11.6 Å². The molecule has 4 saturated carbocycles. The lowest BCUT2D eigenvalue weighted by Gasteiger charge is -2.41. The average Bonchev–Trinajstić information content (AvgIpc) is 1.51. The third kappa shape index (κ3) is 17.1. The summed E-state index contributed by atoms with van der Waals surface area (Å²) in [5.74, 6) is -1.60. The third-order valence-corrected chi connectivity index (χ3v) is 33.4. The Morgan fingerprint density at radius 3 is 0.750 bits per heavy atom. The molecule has 0 spiro atoms. The Kier molecular flexibility index (Phi) is 31.4. The minimum absolute atomic E-state index is 0.0425. The summed E-state index contributed by atoms with van der Waals surface area (Å²) in [7, 11) is 5.80. The number of pyridine rings is 4. The van der Waals surface area contributed by atoms with Gasteiger partial charge in [-0.05, 0) is 145 Å². The molecule has 768 valence electrons. The monoisotopic (exact) mass is 2160 g/mol. The van der Waals surface area contributed by atoms with Gasteiger partial charge in [-0.1, -0.05) is 303 Å². The van der Waals surface area contributed by atoms with Gasteiger partial charge >= 0.3 is 11.8 Å². The van der Waals surface area contributed by atoms with Crippen molar-refractivity contribution in [2.45, 2.75) is 148 Å². The number of aliphatic hydroxyl groups is 8. The minimum atomic E-state index is -1.96. The van der Waals surface area contributed by atoms with Crippen LogP contribution in [0.15, 0.2) is 252 Å². The molecule has 4 aliphatic heterocycles. The van der Waals surface area contributed by atoms with Gasteiger partial charge in [-0.2, -0.15) is 10.5 Å². The van der Waals surface area contributed by atoms with Crippen molar-refractivity contribution in [2.75, 3.05) is 107 Å². The number of fused-ring (bicyclic) bond motifs is 12. The second-order valence-electron chi connectivity index (χ2n) is 38.3. The first-order chi connectivity index (χ1) is 71.4.